The number of hydrogen-bond acceptors (Lipinski definition) is 2. The van der Waals surface area contributed by atoms with Gasteiger partial charge in [0.1, 0.15) is 0 Å². The van der Waals surface area contributed by atoms with Crippen molar-refractivity contribution in [3.63, 3.8) is 0 Å². The Morgan fingerprint density at radius 2 is 1.71 bits per heavy atom. The maximum Gasteiger partial charge on any atom is 0.166 e. The van der Waals surface area contributed by atoms with Gasteiger partial charge in [0.15, 0.2) is 5.41 Å². The van der Waals surface area contributed by atoms with Gasteiger partial charge in [0, 0.05) is 0 Å². The first-order valence-electron chi connectivity index (χ1n) is 4.44. The van der Waals surface area contributed by atoms with Crippen LogP contribution in [0.1, 0.15) is 23.6 Å². The Morgan fingerprint density at radius 1 is 1.14 bits per heavy atom. The molecule has 14 heavy (non-hydrogen) atoms. The largest absolute Gasteiger partial charge is 0.196 e. The normalized spacial score (nSPS) is 10.4. The standard InChI is InChI=1S/C12H12N2/c1-9-5-4-6-11(10(9)2)12(3,7-13)8-14/h4-6H,1-3H3. The van der Waals surface area contributed by atoms with Gasteiger partial charge in [-0.3, -0.25) is 0 Å². The molecule has 0 unspecified atom stereocenters. The van der Waals surface area contributed by atoms with Crippen LogP contribution in [0.3, 0.4) is 0 Å². The van der Waals surface area contributed by atoms with Crippen LogP contribution in [0.15, 0.2) is 18.2 Å². The molecule has 1 aromatic carbocycles. The second-order valence-electron chi connectivity index (χ2n) is 3.60. The molecule has 0 aliphatic rings. The van der Waals surface area contributed by atoms with E-state index in [2.05, 4.69) is 12.1 Å². The van der Waals surface area contributed by atoms with Crippen LogP contribution < -0.4 is 0 Å². The molecule has 0 saturated heterocycles. The van der Waals surface area contributed by atoms with Crippen molar-refractivity contribution >= 4 is 0 Å². The molecule has 0 atom stereocenters. The molecule has 0 bridgehead atoms. The summed E-state index contributed by atoms with van der Waals surface area (Å²) in [6.45, 7) is 5.57. The number of aryl methyl sites for hydroxylation is 1. The second kappa shape index (κ2) is 3.52. The number of rotatable bonds is 1. The van der Waals surface area contributed by atoms with E-state index in [0.29, 0.717) is 0 Å². The fourth-order valence-corrected chi connectivity index (χ4v) is 1.44. The molecule has 0 amide bonds. The molecule has 2 nitrogen and oxygen atoms in total. The van der Waals surface area contributed by atoms with Crippen molar-refractivity contribution in [1.29, 1.82) is 10.5 Å². The van der Waals surface area contributed by atoms with Crippen LogP contribution in [-0.2, 0) is 5.41 Å². The maximum absolute atomic E-state index is 8.98. The van der Waals surface area contributed by atoms with Crippen molar-refractivity contribution < 1.29 is 0 Å². The molecule has 0 aromatic heterocycles. The molecule has 0 aliphatic heterocycles. The van der Waals surface area contributed by atoms with Gasteiger partial charge in [0.25, 0.3) is 0 Å². The summed E-state index contributed by atoms with van der Waals surface area (Å²) >= 11 is 0. The van der Waals surface area contributed by atoms with Gasteiger partial charge < -0.3 is 0 Å². The molecular weight excluding hydrogens is 172 g/mol. The van der Waals surface area contributed by atoms with Crippen LogP contribution in [0.25, 0.3) is 0 Å². The Labute approximate surface area is 84.4 Å². The molecule has 0 heterocycles. The number of nitriles is 2. The van der Waals surface area contributed by atoms with E-state index < -0.39 is 5.41 Å². The Balaban J connectivity index is 3.43. The van der Waals surface area contributed by atoms with E-state index >= 15 is 0 Å². The van der Waals surface area contributed by atoms with Crippen molar-refractivity contribution in [3.05, 3.63) is 34.9 Å². The van der Waals surface area contributed by atoms with Crippen LogP contribution in [0.5, 0.6) is 0 Å². The summed E-state index contributed by atoms with van der Waals surface area (Å²) < 4.78 is 0. The minimum atomic E-state index is -1.03. The van der Waals surface area contributed by atoms with E-state index in [1.165, 1.54) is 0 Å². The van der Waals surface area contributed by atoms with Crippen molar-refractivity contribution in [3.8, 4) is 12.1 Å². The van der Waals surface area contributed by atoms with Gasteiger partial charge in [-0.2, -0.15) is 10.5 Å². The highest BCUT2D eigenvalue weighted by Gasteiger charge is 2.27. The Hall–Kier alpha value is -1.80. The Morgan fingerprint density at radius 3 is 2.21 bits per heavy atom. The molecule has 2 heteroatoms. The molecule has 1 rings (SSSR count). The molecule has 0 fully saturated rings. The molecule has 1 aromatic rings. The van der Waals surface area contributed by atoms with E-state index in [-0.39, 0.29) is 0 Å². The minimum absolute atomic E-state index is 0.808. The number of nitrogens with zero attached hydrogens (tertiary/aromatic N) is 2. The predicted molar refractivity (Wildman–Crippen MR) is 54.5 cm³/mol. The topological polar surface area (TPSA) is 47.6 Å². The SMILES string of the molecule is Cc1cccc(C(C)(C#N)C#N)c1C. The number of benzene rings is 1. The number of hydrogen-bond donors (Lipinski definition) is 0. The first kappa shape index (κ1) is 10.3. The fourth-order valence-electron chi connectivity index (χ4n) is 1.44. The van der Waals surface area contributed by atoms with Crippen LogP contribution in [0, 0.1) is 36.5 Å². The van der Waals surface area contributed by atoms with Gasteiger partial charge in [0.05, 0.1) is 12.1 Å². The summed E-state index contributed by atoms with van der Waals surface area (Å²) in [7, 11) is 0. The monoisotopic (exact) mass is 184 g/mol. The fraction of sp³-hybridized carbons (Fsp3) is 0.333. The van der Waals surface area contributed by atoms with Crippen LogP contribution >= 0.6 is 0 Å². The molecule has 0 spiro atoms. The van der Waals surface area contributed by atoms with Gasteiger partial charge in [-0.1, -0.05) is 18.2 Å². The van der Waals surface area contributed by atoms with Crippen LogP contribution in [-0.4, -0.2) is 0 Å². The lowest BCUT2D eigenvalue weighted by molar-refractivity contribution is 0.782. The van der Waals surface area contributed by atoms with E-state index in [0.717, 1.165) is 16.7 Å². The highest BCUT2D eigenvalue weighted by molar-refractivity contribution is 5.46. The van der Waals surface area contributed by atoms with Gasteiger partial charge >= 0.3 is 0 Å². The van der Waals surface area contributed by atoms with Crippen molar-refractivity contribution in [1.82, 2.24) is 0 Å². The van der Waals surface area contributed by atoms with Crippen molar-refractivity contribution in [2.24, 2.45) is 0 Å². The third-order valence-electron chi connectivity index (χ3n) is 2.59. The van der Waals surface area contributed by atoms with Gasteiger partial charge in [-0.25, -0.2) is 0 Å². The summed E-state index contributed by atoms with van der Waals surface area (Å²) in [6.07, 6.45) is 0. The Kier molecular flexibility index (Phi) is 2.58. The molecule has 0 saturated carbocycles. The minimum Gasteiger partial charge on any atom is -0.196 e. The second-order valence-corrected chi connectivity index (χ2v) is 3.60. The molecule has 0 radical (unpaired) electrons. The molecule has 0 N–H and O–H groups in total. The van der Waals surface area contributed by atoms with Crippen LogP contribution in [0.2, 0.25) is 0 Å². The van der Waals surface area contributed by atoms with Gasteiger partial charge in [-0.05, 0) is 37.5 Å². The van der Waals surface area contributed by atoms with Gasteiger partial charge in [0.2, 0.25) is 0 Å². The quantitative estimate of drug-likeness (QED) is 0.673. The lowest BCUT2D eigenvalue weighted by Gasteiger charge is -2.16. The van der Waals surface area contributed by atoms with E-state index in [4.69, 9.17) is 10.5 Å². The molecular formula is C12H12N2. The highest BCUT2D eigenvalue weighted by atomic mass is 14.4. The zero-order chi connectivity index (χ0) is 10.8. The van der Waals surface area contributed by atoms with E-state index in [9.17, 15) is 0 Å². The summed E-state index contributed by atoms with van der Waals surface area (Å²) in [5.41, 5.74) is 1.91. The van der Waals surface area contributed by atoms with Crippen molar-refractivity contribution in [2.75, 3.05) is 0 Å². The van der Waals surface area contributed by atoms with E-state index in [1.54, 1.807) is 6.92 Å². The highest BCUT2D eigenvalue weighted by Crippen LogP contribution is 2.26. The summed E-state index contributed by atoms with van der Waals surface area (Å²) in [4.78, 5) is 0. The lowest BCUT2D eigenvalue weighted by atomic mass is 9.82. The summed E-state index contributed by atoms with van der Waals surface area (Å²) in [5, 5.41) is 18.0. The molecule has 0 aliphatic carbocycles. The van der Waals surface area contributed by atoms with Crippen LogP contribution in [0.4, 0.5) is 0 Å². The molecule has 70 valence electrons. The first-order chi connectivity index (χ1) is 6.55. The zero-order valence-electron chi connectivity index (χ0n) is 8.63. The van der Waals surface area contributed by atoms with E-state index in [1.807, 2.05) is 32.0 Å². The Bertz CT molecular complexity index is 419. The predicted octanol–water partition coefficient (Wildman–Crippen LogP) is 2.61. The third kappa shape index (κ3) is 1.47. The van der Waals surface area contributed by atoms with Gasteiger partial charge in [-0.15, -0.1) is 0 Å². The summed E-state index contributed by atoms with van der Waals surface area (Å²) in [5.74, 6) is 0. The average molecular weight is 184 g/mol. The van der Waals surface area contributed by atoms with Crippen molar-refractivity contribution in [2.45, 2.75) is 26.2 Å². The average Bonchev–Trinajstić information content (AvgIpc) is 2.21. The smallest absolute Gasteiger partial charge is 0.166 e. The summed E-state index contributed by atoms with van der Waals surface area (Å²) in [6, 6.07) is 9.80. The maximum atomic E-state index is 8.98. The lowest BCUT2D eigenvalue weighted by Crippen LogP contribution is -2.18. The first-order valence-corrected chi connectivity index (χ1v) is 4.44. The third-order valence-corrected chi connectivity index (χ3v) is 2.59. The zero-order valence-corrected chi connectivity index (χ0v) is 8.63.